The van der Waals surface area contributed by atoms with Crippen LogP contribution in [0.4, 0.5) is 11.4 Å². The van der Waals surface area contributed by atoms with Gasteiger partial charge in [-0.25, -0.2) is 9.53 Å². The Morgan fingerprint density at radius 2 is 1.78 bits per heavy atom. The molecular formula is C17H21N3O3. The second kappa shape index (κ2) is 6.32. The molecule has 6 heteroatoms. The summed E-state index contributed by atoms with van der Waals surface area (Å²) < 4.78 is 6.20. The number of nitrogens with one attached hydrogen (secondary N) is 1. The van der Waals surface area contributed by atoms with Gasteiger partial charge in [0.25, 0.3) is 5.91 Å². The zero-order valence-electron chi connectivity index (χ0n) is 13.5. The van der Waals surface area contributed by atoms with Crippen molar-refractivity contribution in [2.24, 2.45) is 7.05 Å². The van der Waals surface area contributed by atoms with Crippen molar-refractivity contribution in [1.82, 2.24) is 4.74 Å². The highest BCUT2D eigenvalue weighted by Gasteiger charge is 2.19. The van der Waals surface area contributed by atoms with Gasteiger partial charge in [0.2, 0.25) is 0 Å². The zero-order chi connectivity index (χ0) is 16.4. The molecule has 1 aliphatic heterocycles. The van der Waals surface area contributed by atoms with Crippen molar-refractivity contribution in [3.05, 3.63) is 45.9 Å². The van der Waals surface area contributed by atoms with Crippen LogP contribution in [-0.2, 0) is 7.05 Å². The Hall–Kier alpha value is -2.50. The van der Waals surface area contributed by atoms with Crippen LogP contribution in [0.1, 0.15) is 35.3 Å². The van der Waals surface area contributed by atoms with Gasteiger partial charge in [0.05, 0.1) is 5.69 Å². The van der Waals surface area contributed by atoms with E-state index in [2.05, 4.69) is 10.2 Å². The number of hydrogen-bond acceptors (Lipinski definition) is 4. The van der Waals surface area contributed by atoms with Crippen molar-refractivity contribution in [2.75, 3.05) is 23.3 Å². The molecule has 0 spiro atoms. The van der Waals surface area contributed by atoms with Gasteiger partial charge >= 0.3 is 5.63 Å². The van der Waals surface area contributed by atoms with Gasteiger partial charge in [-0.05, 0) is 50.5 Å². The Balaban J connectivity index is 1.73. The molecule has 122 valence electrons. The van der Waals surface area contributed by atoms with Gasteiger partial charge in [-0.1, -0.05) is 0 Å². The predicted molar refractivity (Wildman–Crippen MR) is 89.1 cm³/mol. The smallest absolute Gasteiger partial charge is 0.370 e. The zero-order valence-corrected chi connectivity index (χ0v) is 13.5. The fraction of sp³-hybridized carbons (Fsp3) is 0.412. The molecule has 0 saturated carbocycles. The summed E-state index contributed by atoms with van der Waals surface area (Å²) in [6, 6.07) is 7.73. The van der Waals surface area contributed by atoms with Crippen LogP contribution in [0.25, 0.3) is 0 Å². The van der Waals surface area contributed by atoms with Gasteiger partial charge in [0, 0.05) is 31.5 Å². The second-order valence-corrected chi connectivity index (χ2v) is 5.89. The van der Waals surface area contributed by atoms with E-state index in [1.165, 1.54) is 24.0 Å². The molecule has 23 heavy (non-hydrogen) atoms. The minimum absolute atomic E-state index is 0.0487. The summed E-state index contributed by atoms with van der Waals surface area (Å²) in [7, 11) is 1.60. The Bertz CT molecular complexity index is 752. The largest absolute Gasteiger partial charge is 0.372 e. The lowest BCUT2D eigenvalue weighted by atomic mass is 10.1. The minimum Gasteiger partial charge on any atom is -0.372 e. The van der Waals surface area contributed by atoms with E-state index in [4.69, 9.17) is 4.52 Å². The lowest BCUT2D eigenvalue weighted by Crippen LogP contribution is -2.29. The number of aromatic nitrogens is 1. The molecule has 1 aliphatic rings. The van der Waals surface area contributed by atoms with E-state index in [0.717, 1.165) is 18.8 Å². The number of piperidine rings is 1. The number of rotatable bonds is 3. The van der Waals surface area contributed by atoms with Crippen LogP contribution in [0, 0.1) is 6.92 Å². The molecule has 1 fully saturated rings. The number of carbonyl (C=O) groups is 1. The van der Waals surface area contributed by atoms with E-state index in [9.17, 15) is 9.59 Å². The van der Waals surface area contributed by atoms with Crippen LogP contribution < -0.4 is 15.8 Å². The summed E-state index contributed by atoms with van der Waals surface area (Å²) in [6.45, 7) is 3.84. The summed E-state index contributed by atoms with van der Waals surface area (Å²) in [4.78, 5) is 26.3. The van der Waals surface area contributed by atoms with Gasteiger partial charge in [0.1, 0.15) is 5.56 Å². The van der Waals surface area contributed by atoms with Crippen LogP contribution in [-0.4, -0.2) is 23.7 Å². The molecule has 0 unspecified atom stereocenters. The van der Waals surface area contributed by atoms with Gasteiger partial charge in [-0.15, -0.1) is 0 Å². The molecule has 1 aromatic carbocycles. The lowest BCUT2D eigenvalue weighted by Gasteiger charge is -2.28. The third kappa shape index (κ3) is 3.16. The van der Waals surface area contributed by atoms with Gasteiger partial charge in [0.15, 0.2) is 0 Å². The number of carbonyl (C=O) groups excluding carboxylic acids is 1. The molecule has 3 rings (SSSR count). The maximum atomic E-state index is 12.3. The standard InChI is InChI=1S/C17H21N3O3/c1-12-15(17(22)23-19(12)2)16(21)18-13-6-8-14(9-7-13)20-10-4-3-5-11-20/h6-9H,3-5,10-11H2,1-2H3,(H,18,21). The summed E-state index contributed by atoms with van der Waals surface area (Å²) in [5, 5.41) is 2.75. The first-order valence-electron chi connectivity index (χ1n) is 7.89. The van der Waals surface area contributed by atoms with Crippen molar-refractivity contribution in [2.45, 2.75) is 26.2 Å². The lowest BCUT2D eigenvalue weighted by molar-refractivity contribution is 0.102. The van der Waals surface area contributed by atoms with Gasteiger partial charge < -0.3 is 14.7 Å². The number of hydrogen-bond donors (Lipinski definition) is 1. The number of aryl methyl sites for hydroxylation is 1. The molecule has 1 amide bonds. The van der Waals surface area contributed by atoms with Crippen LogP contribution >= 0.6 is 0 Å². The molecule has 0 aliphatic carbocycles. The average Bonchev–Trinajstić information content (AvgIpc) is 2.81. The maximum absolute atomic E-state index is 12.3. The first-order chi connectivity index (χ1) is 11.1. The maximum Gasteiger partial charge on any atom is 0.370 e. The van der Waals surface area contributed by atoms with Crippen molar-refractivity contribution in [1.29, 1.82) is 0 Å². The van der Waals surface area contributed by atoms with E-state index in [-0.39, 0.29) is 5.56 Å². The van der Waals surface area contributed by atoms with Crippen LogP contribution in [0.3, 0.4) is 0 Å². The molecule has 0 atom stereocenters. The second-order valence-electron chi connectivity index (χ2n) is 5.89. The molecule has 0 radical (unpaired) electrons. The molecule has 2 aromatic rings. The molecular weight excluding hydrogens is 294 g/mol. The number of benzene rings is 1. The number of nitrogens with zero attached hydrogens (tertiary/aromatic N) is 2. The molecule has 2 heterocycles. The highest BCUT2D eigenvalue weighted by molar-refractivity contribution is 6.04. The Morgan fingerprint density at radius 1 is 1.13 bits per heavy atom. The van der Waals surface area contributed by atoms with E-state index < -0.39 is 11.5 Å². The number of anilines is 2. The monoisotopic (exact) mass is 315 g/mol. The van der Waals surface area contributed by atoms with Crippen LogP contribution in [0.5, 0.6) is 0 Å². The molecule has 6 nitrogen and oxygen atoms in total. The fourth-order valence-corrected chi connectivity index (χ4v) is 2.90. The van der Waals surface area contributed by atoms with Crippen molar-refractivity contribution in [3.63, 3.8) is 0 Å². The fourth-order valence-electron chi connectivity index (χ4n) is 2.90. The summed E-state index contributed by atoms with van der Waals surface area (Å²) in [5.41, 5.74) is 1.77. The summed E-state index contributed by atoms with van der Waals surface area (Å²) >= 11 is 0. The Kier molecular flexibility index (Phi) is 4.23. The molecule has 1 N–H and O–H groups in total. The van der Waals surface area contributed by atoms with Crippen molar-refractivity contribution < 1.29 is 9.32 Å². The molecule has 1 aromatic heterocycles. The first kappa shape index (κ1) is 15.4. The quantitative estimate of drug-likeness (QED) is 0.945. The third-order valence-corrected chi connectivity index (χ3v) is 4.33. The summed E-state index contributed by atoms with van der Waals surface area (Å²) in [5.74, 6) is -0.442. The normalized spacial score (nSPS) is 14.8. The minimum atomic E-state index is -0.618. The van der Waals surface area contributed by atoms with E-state index in [1.807, 2.05) is 24.3 Å². The summed E-state index contributed by atoms with van der Waals surface area (Å²) in [6.07, 6.45) is 3.74. The molecule has 1 saturated heterocycles. The van der Waals surface area contributed by atoms with E-state index in [1.54, 1.807) is 14.0 Å². The first-order valence-corrected chi connectivity index (χ1v) is 7.89. The van der Waals surface area contributed by atoms with Gasteiger partial charge in [-0.3, -0.25) is 4.79 Å². The highest BCUT2D eigenvalue weighted by Crippen LogP contribution is 2.22. The van der Waals surface area contributed by atoms with Crippen molar-refractivity contribution >= 4 is 17.3 Å². The topological polar surface area (TPSA) is 67.5 Å². The van der Waals surface area contributed by atoms with Crippen LogP contribution in [0.15, 0.2) is 33.6 Å². The van der Waals surface area contributed by atoms with E-state index >= 15 is 0 Å². The Labute approximate surface area is 134 Å². The third-order valence-electron chi connectivity index (χ3n) is 4.33. The number of amides is 1. The van der Waals surface area contributed by atoms with E-state index in [0.29, 0.717) is 11.4 Å². The Morgan fingerprint density at radius 3 is 2.35 bits per heavy atom. The van der Waals surface area contributed by atoms with Crippen LogP contribution in [0.2, 0.25) is 0 Å². The SMILES string of the molecule is Cc1c(C(=O)Nc2ccc(N3CCCCC3)cc2)c(=O)on1C. The van der Waals surface area contributed by atoms with Gasteiger partial charge in [-0.2, -0.15) is 0 Å². The average molecular weight is 315 g/mol. The molecule has 0 bridgehead atoms. The predicted octanol–water partition coefficient (Wildman–Crippen LogP) is 2.53. The van der Waals surface area contributed by atoms with Crippen molar-refractivity contribution in [3.8, 4) is 0 Å². The highest BCUT2D eigenvalue weighted by atomic mass is 16.5.